The summed E-state index contributed by atoms with van der Waals surface area (Å²) < 4.78 is 4.94. The van der Waals surface area contributed by atoms with Crippen LogP contribution in [0, 0.1) is 0 Å². The SMILES string of the molecule is C=CCNc1nc(C(=O)OCC(=O)Nc2ccc(NC(C)=O)cc2)cs1. The van der Waals surface area contributed by atoms with Crippen LogP contribution in [-0.2, 0) is 14.3 Å². The van der Waals surface area contributed by atoms with Crippen molar-refractivity contribution in [2.75, 3.05) is 29.1 Å². The van der Waals surface area contributed by atoms with Crippen LogP contribution in [0.5, 0.6) is 0 Å². The molecule has 2 amide bonds. The zero-order valence-corrected chi connectivity index (χ0v) is 14.9. The molecule has 0 spiro atoms. The van der Waals surface area contributed by atoms with Gasteiger partial charge in [0.25, 0.3) is 5.91 Å². The minimum atomic E-state index is -0.677. The van der Waals surface area contributed by atoms with Crippen molar-refractivity contribution in [3.8, 4) is 0 Å². The van der Waals surface area contributed by atoms with E-state index in [1.807, 2.05) is 0 Å². The van der Waals surface area contributed by atoms with Crippen molar-refractivity contribution >= 4 is 45.6 Å². The molecule has 1 aromatic carbocycles. The number of esters is 1. The van der Waals surface area contributed by atoms with Gasteiger partial charge in [0, 0.05) is 30.2 Å². The number of ether oxygens (including phenoxy) is 1. The Morgan fingerprint density at radius 3 is 2.46 bits per heavy atom. The number of nitrogens with zero attached hydrogens (tertiary/aromatic N) is 1. The lowest BCUT2D eigenvalue weighted by atomic mass is 10.2. The lowest BCUT2D eigenvalue weighted by molar-refractivity contribution is -0.119. The Balaban J connectivity index is 1.80. The Labute approximate surface area is 154 Å². The second kappa shape index (κ2) is 9.33. The van der Waals surface area contributed by atoms with Gasteiger partial charge in [0.2, 0.25) is 5.91 Å². The molecule has 0 radical (unpaired) electrons. The van der Waals surface area contributed by atoms with Gasteiger partial charge in [-0.15, -0.1) is 17.9 Å². The molecule has 0 atom stereocenters. The van der Waals surface area contributed by atoms with E-state index in [9.17, 15) is 14.4 Å². The van der Waals surface area contributed by atoms with Gasteiger partial charge in [0.05, 0.1) is 0 Å². The lowest BCUT2D eigenvalue weighted by Gasteiger charge is -2.07. The molecule has 0 fully saturated rings. The highest BCUT2D eigenvalue weighted by molar-refractivity contribution is 7.13. The lowest BCUT2D eigenvalue weighted by Crippen LogP contribution is -2.21. The number of hydrogen-bond donors (Lipinski definition) is 3. The second-order valence-electron chi connectivity index (χ2n) is 5.09. The Morgan fingerprint density at radius 2 is 1.85 bits per heavy atom. The third-order valence-electron chi connectivity index (χ3n) is 2.93. The molecule has 0 unspecified atom stereocenters. The topological polar surface area (TPSA) is 109 Å². The number of carbonyl (C=O) groups is 3. The molecule has 0 aliphatic carbocycles. The van der Waals surface area contributed by atoms with Gasteiger partial charge >= 0.3 is 5.97 Å². The van der Waals surface area contributed by atoms with Gasteiger partial charge in [-0.3, -0.25) is 9.59 Å². The van der Waals surface area contributed by atoms with E-state index in [4.69, 9.17) is 4.74 Å². The minimum Gasteiger partial charge on any atom is -0.451 e. The van der Waals surface area contributed by atoms with Gasteiger partial charge in [0.1, 0.15) is 0 Å². The highest BCUT2D eigenvalue weighted by atomic mass is 32.1. The third kappa shape index (κ3) is 6.02. The molecule has 3 N–H and O–H groups in total. The number of carbonyl (C=O) groups excluding carboxylic acids is 3. The molecule has 2 rings (SSSR count). The molecule has 9 heteroatoms. The summed E-state index contributed by atoms with van der Waals surface area (Å²) in [5, 5.41) is 10.3. The fourth-order valence-corrected chi connectivity index (χ4v) is 2.54. The molecule has 0 saturated heterocycles. The number of benzene rings is 1. The van der Waals surface area contributed by atoms with Crippen LogP contribution in [0.4, 0.5) is 16.5 Å². The number of hydrogen-bond acceptors (Lipinski definition) is 7. The number of rotatable bonds is 8. The molecule has 26 heavy (non-hydrogen) atoms. The predicted molar refractivity (Wildman–Crippen MR) is 100 cm³/mol. The highest BCUT2D eigenvalue weighted by Gasteiger charge is 2.14. The monoisotopic (exact) mass is 374 g/mol. The first-order valence-corrected chi connectivity index (χ1v) is 8.51. The third-order valence-corrected chi connectivity index (χ3v) is 3.73. The normalized spacial score (nSPS) is 9.88. The van der Waals surface area contributed by atoms with E-state index in [0.29, 0.717) is 23.1 Å². The number of nitrogens with one attached hydrogen (secondary N) is 3. The van der Waals surface area contributed by atoms with Gasteiger partial charge in [0.15, 0.2) is 17.4 Å². The standard InChI is InChI=1S/C17H18N4O4S/c1-3-8-18-17-21-14(10-26-17)16(24)25-9-15(23)20-13-6-4-12(5-7-13)19-11(2)22/h3-7,10H,1,8-9H2,2H3,(H,18,21)(H,19,22)(H,20,23). The first kappa shape index (κ1) is 19.1. The molecule has 0 aliphatic rings. The Hall–Kier alpha value is -3.20. The molecule has 136 valence electrons. The molecule has 0 bridgehead atoms. The Morgan fingerprint density at radius 1 is 1.19 bits per heavy atom. The van der Waals surface area contributed by atoms with Gasteiger partial charge in [-0.2, -0.15) is 0 Å². The molecule has 1 aromatic heterocycles. The summed E-state index contributed by atoms with van der Waals surface area (Å²) in [5.74, 6) is -1.34. The maximum Gasteiger partial charge on any atom is 0.358 e. The molecule has 8 nitrogen and oxygen atoms in total. The van der Waals surface area contributed by atoms with E-state index in [0.717, 1.165) is 0 Å². The molecule has 0 saturated carbocycles. The Kier molecular flexibility index (Phi) is 6.86. The maximum absolute atomic E-state index is 11.9. The summed E-state index contributed by atoms with van der Waals surface area (Å²) in [6.07, 6.45) is 1.67. The first-order chi connectivity index (χ1) is 12.5. The van der Waals surface area contributed by atoms with Crippen LogP contribution in [0.25, 0.3) is 0 Å². The number of aromatic nitrogens is 1. The van der Waals surface area contributed by atoms with Crippen LogP contribution < -0.4 is 16.0 Å². The summed E-state index contributed by atoms with van der Waals surface area (Å²) >= 11 is 1.26. The smallest absolute Gasteiger partial charge is 0.358 e. The van der Waals surface area contributed by atoms with Crippen molar-refractivity contribution in [1.82, 2.24) is 4.98 Å². The van der Waals surface area contributed by atoms with E-state index >= 15 is 0 Å². The molecule has 1 heterocycles. The van der Waals surface area contributed by atoms with Crippen LogP contribution in [-0.4, -0.2) is 35.9 Å². The summed E-state index contributed by atoms with van der Waals surface area (Å²) in [5.41, 5.74) is 1.27. The minimum absolute atomic E-state index is 0.133. The van der Waals surface area contributed by atoms with E-state index < -0.39 is 18.5 Å². The van der Waals surface area contributed by atoms with Crippen molar-refractivity contribution in [2.45, 2.75) is 6.92 Å². The second-order valence-corrected chi connectivity index (χ2v) is 5.95. The fraction of sp³-hybridized carbons (Fsp3) is 0.176. The Bertz CT molecular complexity index is 801. The van der Waals surface area contributed by atoms with E-state index in [2.05, 4.69) is 27.5 Å². The molecular weight excluding hydrogens is 356 g/mol. The average molecular weight is 374 g/mol. The van der Waals surface area contributed by atoms with Gasteiger partial charge < -0.3 is 20.7 Å². The van der Waals surface area contributed by atoms with E-state index in [1.165, 1.54) is 18.3 Å². The predicted octanol–water partition coefficient (Wildman–Crippen LogP) is 2.49. The highest BCUT2D eigenvalue weighted by Crippen LogP contribution is 2.16. The zero-order valence-electron chi connectivity index (χ0n) is 14.1. The van der Waals surface area contributed by atoms with Gasteiger partial charge in [-0.05, 0) is 24.3 Å². The fourth-order valence-electron chi connectivity index (χ4n) is 1.85. The largest absolute Gasteiger partial charge is 0.451 e. The summed E-state index contributed by atoms with van der Waals surface area (Å²) in [6, 6.07) is 6.55. The average Bonchev–Trinajstić information content (AvgIpc) is 3.08. The van der Waals surface area contributed by atoms with Crippen molar-refractivity contribution in [1.29, 1.82) is 0 Å². The van der Waals surface area contributed by atoms with Gasteiger partial charge in [-0.25, -0.2) is 9.78 Å². The van der Waals surface area contributed by atoms with Crippen molar-refractivity contribution in [3.05, 3.63) is 48.0 Å². The number of anilines is 3. The molecular formula is C17H18N4O4S. The van der Waals surface area contributed by atoms with Crippen LogP contribution in [0.15, 0.2) is 42.3 Å². The summed E-state index contributed by atoms with van der Waals surface area (Å²) in [7, 11) is 0. The number of amides is 2. The quantitative estimate of drug-likeness (QED) is 0.484. The van der Waals surface area contributed by atoms with Crippen molar-refractivity contribution in [3.63, 3.8) is 0 Å². The molecule has 2 aromatic rings. The van der Waals surface area contributed by atoms with Gasteiger partial charge in [-0.1, -0.05) is 6.08 Å². The van der Waals surface area contributed by atoms with Crippen LogP contribution in [0.3, 0.4) is 0 Å². The summed E-state index contributed by atoms with van der Waals surface area (Å²) in [6.45, 7) is 5.09. The van der Waals surface area contributed by atoms with Crippen LogP contribution >= 0.6 is 11.3 Å². The summed E-state index contributed by atoms with van der Waals surface area (Å²) in [4.78, 5) is 38.8. The van der Waals surface area contributed by atoms with Crippen molar-refractivity contribution < 1.29 is 19.1 Å². The first-order valence-electron chi connectivity index (χ1n) is 7.63. The zero-order chi connectivity index (χ0) is 18.9. The van der Waals surface area contributed by atoms with Crippen LogP contribution in [0.1, 0.15) is 17.4 Å². The van der Waals surface area contributed by atoms with Crippen LogP contribution in [0.2, 0.25) is 0 Å². The van der Waals surface area contributed by atoms with E-state index in [1.54, 1.807) is 35.7 Å². The van der Waals surface area contributed by atoms with E-state index in [-0.39, 0.29) is 11.6 Å². The maximum atomic E-state index is 11.9. The van der Waals surface area contributed by atoms with Crippen molar-refractivity contribution in [2.24, 2.45) is 0 Å². The molecule has 0 aliphatic heterocycles. The number of thiazole rings is 1.